The third-order valence-corrected chi connectivity index (χ3v) is 4.12. The molecule has 1 heterocycles. The van der Waals surface area contributed by atoms with E-state index >= 15 is 0 Å². The van der Waals surface area contributed by atoms with Crippen LogP contribution in [0.4, 0.5) is 0 Å². The summed E-state index contributed by atoms with van der Waals surface area (Å²) in [4.78, 5) is 19.1. The first kappa shape index (κ1) is 17.8. The Kier molecular flexibility index (Phi) is 6.45. The van der Waals surface area contributed by atoms with Gasteiger partial charge in [0.05, 0.1) is 22.3 Å². The van der Waals surface area contributed by atoms with E-state index in [1.165, 1.54) is 7.11 Å². The van der Waals surface area contributed by atoms with Gasteiger partial charge in [-0.05, 0) is 12.1 Å². The van der Waals surface area contributed by atoms with Gasteiger partial charge in [0.15, 0.2) is 6.10 Å². The van der Waals surface area contributed by atoms with Gasteiger partial charge < -0.3 is 14.5 Å². The Labute approximate surface area is 145 Å². The first-order valence-electron chi connectivity index (χ1n) is 7.11. The standard InChI is InChI=1S/C16H18Cl2N2O3/c1-3-6-20(16(21)10-22-2)9-12-8-15(19-23-12)11-4-5-13(17)14(18)7-11/h3-5,7,12H,1,6,8-10H2,2H3/t12-/m1/s1. The molecule has 0 saturated carbocycles. The minimum Gasteiger partial charge on any atom is -0.390 e. The average Bonchev–Trinajstić information content (AvgIpc) is 2.98. The monoisotopic (exact) mass is 356 g/mol. The highest BCUT2D eigenvalue weighted by Crippen LogP contribution is 2.25. The maximum Gasteiger partial charge on any atom is 0.248 e. The van der Waals surface area contributed by atoms with E-state index in [1.807, 2.05) is 6.07 Å². The first-order chi connectivity index (χ1) is 11.0. The van der Waals surface area contributed by atoms with Crippen molar-refractivity contribution in [3.05, 3.63) is 46.5 Å². The summed E-state index contributed by atoms with van der Waals surface area (Å²) in [5.74, 6) is -0.112. The number of oxime groups is 1. The number of halogens is 2. The lowest BCUT2D eigenvalue weighted by Gasteiger charge is -2.23. The van der Waals surface area contributed by atoms with Crippen molar-refractivity contribution in [3.63, 3.8) is 0 Å². The van der Waals surface area contributed by atoms with Gasteiger partial charge in [0.2, 0.25) is 5.91 Å². The number of carbonyl (C=O) groups is 1. The maximum absolute atomic E-state index is 12.0. The highest BCUT2D eigenvalue weighted by Gasteiger charge is 2.26. The van der Waals surface area contributed by atoms with Crippen LogP contribution in [0.3, 0.4) is 0 Å². The predicted molar refractivity (Wildman–Crippen MR) is 91.1 cm³/mol. The molecule has 0 bridgehead atoms. The van der Waals surface area contributed by atoms with Crippen molar-refractivity contribution < 1.29 is 14.4 Å². The molecule has 1 aromatic rings. The maximum atomic E-state index is 12.0. The molecule has 23 heavy (non-hydrogen) atoms. The van der Waals surface area contributed by atoms with E-state index in [9.17, 15) is 4.79 Å². The van der Waals surface area contributed by atoms with Crippen molar-refractivity contribution in [1.29, 1.82) is 0 Å². The van der Waals surface area contributed by atoms with Crippen molar-refractivity contribution in [2.45, 2.75) is 12.5 Å². The van der Waals surface area contributed by atoms with Crippen LogP contribution in [0.2, 0.25) is 10.0 Å². The van der Waals surface area contributed by atoms with Gasteiger partial charge in [0, 0.05) is 25.6 Å². The lowest BCUT2D eigenvalue weighted by atomic mass is 10.0. The van der Waals surface area contributed by atoms with Crippen LogP contribution in [0.1, 0.15) is 12.0 Å². The van der Waals surface area contributed by atoms with Crippen molar-refractivity contribution in [3.8, 4) is 0 Å². The molecule has 124 valence electrons. The van der Waals surface area contributed by atoms with E-state index in [0.717, 1.165) is 11.3 Å². The molecule has 0 radical (unpaired) electrons. The molecule has 0 unspecified atom stereocenters. The van der Waals surface area contributed by atoms with Gasteiger partial charge in [-0.25, -0.2) is 0 Å². The topological polar surface area (TPSA) is 51.1 Å². The Bertz CT molecular complexity index is 619. The van der Waals surface area contributed by atoms with Crippen LogP contribution in [-0.2, 0) is 14.4 Å². The Balaban J connectivity index is 1.98. The van der Waals surface area contributed by atoms with Crippen LogP contribution in [0.25, 0.3) is 0 Å². The molecule has 0 saturated heterocycles. The van der Waals surface area contributed by atoms with Gasteiger partial charge in [0.25, 0.3) is 0 Å². The number of methoxy groups -OCH3 is 1. The summed E-state index contributed by atoms with van der Waals surface area (Å²) in [7, 11) is 1.49. The minimum atomic E-state index is -0.208. The fourth-order valence-electron chi connectivity index (χ4n) is 2.27. The molecule has 0 fully saturated rings. The zero-order chi connectivity index (χ0) is 16.8. The summed E-state index contributed by atoms with van der Waals surface area (Å²) < 4.78 is 4.89. The normalized spacial score (nSPS) is 16.7. The van der Waals surface area contributed by atoms with Crippen LogP contribution >= 0.6 is 23.2 Å². The molecule has 2 rings (SSSR count). The highest BCUT2D eigenvalue weighted by atomic mass is 35.5. The van der Waals surface area contributed by atoms with Crippen molar-refractivity contribution in [1.82, 2.24) is 4.90 Å². The molecular formula is C16H18Cl2N2O3. The smallest absolute Gasteiger partial charge is 0.248 e. The lowest BCUT2D eigenvalue weighted by molar-refractivity contribution is -0.136. The van der Waals surface area contributed by atoms with Crippen LogP contribution in [-0.4, -0.2) is 49.4 Å². The molecule has 0 aromatic heterocycles. The quantitative estimate of drug-likeness (QED) is 0.705. The van der Waals surface area contributed by atoms with Gasteiger partial charge in [-0.15, -0.1) is 6.58 Å². The molecule has 7 heteroatoms. The summed E-state index contributed by atoms with van der Waals surface area (Å²) in [6.45, 7) is 4.55. The zero-order valence-corrected chi connectivity index (χ0v) is 14.3. The molecular weight excluding hydrogens is 339 g/mol. The Morgan fingerprint density at radius 3 is 2.96 bits per heavy atom. The van der Waals surface area contributed by atoms with Crippen molar-refractivity contribution in [2.75, 3.05) is 26.8 Å². The molecule has 1 amide bonds. The van der Waals surface area contributed by atoms with Crippen molar-refractivity contribution >= 4 is 34.8 Å². The van der Waals surface area contributed by atoms with Gasteiger partial charge >= 0.3 is 0 Å². The fourth-order valence-corrected chi connectivity index (χ4v) is 2.57. The van der Waals surface area contributed by atoms with E-state index < -0.39 is 0 Å². The summed E-state index contributed by atoms with van der Waals surface area (Å²) in [6, 6.07) is 5.32. The van der Waals surface area contributed by atoms with Gasteiger partial charge in [0.1, 0.15) is 6.61 Å². The van der Waals surface area contributed by atoms with E-state index in [-0.39, 0.29) is 18.6 Å². The second-order valence-corrected chi connectivity index (χ2v) is 5.93. The molecule has 1 aliphatic heterocycles. The predicted octanol–water partition coefficient (Wildman–Crippen LogP) is 3.15. The van der Waals surface area contributed by atoms with E-state index in [0.29, 0.717) is 29.6 Å². The van der Waals surface area contributed by atoms with Crippen LogP contribution in [0.5, 0.6) is 0 Å². The van der Waals surface area contributed by atoms with Crippen molar-refractivity contribution in [2.24, 2.45) is 5.16 Å². The summed E-state index contributed by atoms with van der Waals surface area (Å²) in [5.41, 5.74) is 1.65. The van der Waals surface area contributed by atoms with E-state index in [2.05, 4.69) is 11.7 Å². The number of nitrogens with zero attached hydrogens (tertiary/aromatic N) is 2. The zero-order valence-electron chi connectivity index (χ0n) is 12.8. The second kappa shape index (κ2) is 8.34. The number of hydrogen-bond acceptors (Lipinski definition) is 4. The molecule has 0 aliphatic carbocycles. The SMILES string of the molecule is C=CCN(C[C@H]1CC(c2ccc(Cl)c(Cl)c2)=NO1)C(=O)COC. The molecule has 0 spiro atoms. The number of hydrogen-bond donors (Lipinski definition) is 0. The van der Waals surface area contributed by atoms with Crippen LogP contribution in [0, 0.1) is 0 Å². The van der Waals surface area contributed by atoms with Crippen LogP contribution < -0.4 is 0 Å². The summed E-state index contributed by atoms with van der Waals surface area (Å²) >= 11 is 11.9. The largest absolute Gasteiger partial charge is 0.390 e. The Hall–Kier alpha value is -1.56. The number of ether oxygens (including phenoxy) is 1. The molecule has 0 N–H and O–H groups in total. The third kappa shape index (κ3) is 4.70. The third-order valence-electron chi connectivity index (χ3n) is 3.38. The second-order valence-electron chi connectivity index (χ2n) is 5.12. The molecule has 5 nitrogen and oxygen atoms in total. The van der Waals surface area contributed by atoms with Crippen LogP contribution in [0.15, 0.2) is 36.0 Å². The summed E-state index contributed by atoms with van der Waals surface area (Å²) in [5, 5.41) is 5.06. The van der Waals surface area contributed by atoms with Gasteiger partial charge in [-0.2, -0.15) is 0 Å². The van der Waals surface area contributed by atoms with Gasteiger partial charge in [-0.1, -0.05) is 40.5 Å². The molecule has 1 aromatic carbocycles. The van der Waals surface area contributed by atoms with E-state index in [4.69, 9.17) is 32.8 Å². The molecule has 1 aliphatic rings. The minimum absolute atomic E-state index is 0.0288. The lowest BCUT2D eigenvalue weighted by Crippen LogP contribution is -2.39. The number of carbonyl (C=O) groups excluding carboxylic acids is 1. The number of benzene rings is 1. The summed E-state index contributed by atoms with van der Waals surface area (Å²) in [6.07, 6.45) is 2.05. The Morgan fingerprint density at radius 1 is 1.52 bits per heavy atom. The Morgan fingerprint density at radius 2 is 2.30 bits per heavy atom. The highest BCUT2D eigenvalue weighted by molar-refractivity contribution is 6.42. The van der Waals surface area contributed by atoms with Gasteiger partial charge in [-0.3, -0.25) is 4.79 Å². The first-order valence-corrected chi connectivity index (χ1v) is 7.86. The van der Waals surface area contributed by atoms with E-state index in [1.54, 1.807) is 23.1 Å². The fraction of sp³-hybridized carbons (Fsp3) is 0.375. The number of amides is 1. The number of rotatable bonds is 7. The average molecular weight is 357 g/mol. The molecule has 1 atom stereocenters.